The molecule has 4 nitrogen and oxygen atoms in total. The molecule has 1 aromatic rings. The molecule has 0 atom stereocenters. The maximum Gasteiger partial charge on any atom is 0.224 e. The monoisotopic (exact) mass is 281 g/mol. The molecule has 1 aliphatic rings. The van der Waals surface area contributed by atoms with Crippen LogP contribution in [0.15, 0.2) is 18.2 Å². The highest BCUT2D eigenvalue weighted by Crippen LogP contribution is 2.27. The van der Waals surface area contributed by atoms with E-state index in [4.69, 9.17) is 17.3 Å². The van der Waals surface area contributed by atoms with E-state index >= 15 is 0 Å². The molecule has 19 heavy (non-hydrogen) atoms. The number of nitrogens with one attached hydrogen (secondary N) is 1. The molecule has 0 unspecified atom stereocenters. The predicted molar refractivity (Wildman–Crippen MR) is 79.4 cm³/mol. The Hall–Kier alpha value is -1.42. The summed E-state index contributed by atoms with van der Waals surface area (Å²) in [5.41, 5.74) is 7.17. The molecule has 0 aliphatic carbocycles. The largest absolute Gasteiger partial charge is 0.397 e. The van der Waals surface area contributed by atoms with Crippen LogP contribution in [-0.4, -0.2) is 30.4 Å². The number of rotatable bonds is 4. The van der Waals surface area contributed by atoms with Crippen LogP contribution >= 0.6 is 11.6 Å². The summed E-state index contributed by atoms with van der Waals surface area (Å²) in [7, 11) is 0. The smallest absolute Gasteiger partial charge is 0.224 e. The summed E-state index contributed by atoms with van der Waals surface area (Å²) in [5, 5.41) is 3.74. The van der Waals surface area contributed by atoms with Crippen LogP contribution in [0.25, 0.3) is 0 Å². The van der Waals surface area contributed by atoms with Gasteiger partial charge in [-0.15, -0.1) is 0 Å². The molecular weight excluding hydrogens is 262 g/mol. The lowest BCUT2D eigenvalue weighted by Crippen LogP contribution is -2.36. The zero-order chi connectivity index (χ0) is 13.7. The Balaban J connectivity index is 1.81. The third kappa shape index (κ3) is 3.77. The van der Waals surface area contributed by atoms with Gasteiger partial charge in [-0.25, -0.2) is 0 Å². The van der Waals surface area contributed by atoms with Gasteiger partial charge in [-0.2, -0.15) is 0 Å². The molecule has 1 aliphatic heterocycles. The number of carbonyl (C=O) groups is 1. The second-order valence-corrected chi connectivity index (χ2v) is 5.23. The maximum absolute atomic E-state index is 12.0. The van der Waals surface area contributed by atoms with Gasteiger partial charge in [0.05, 0.1) is 16.4 Å². The van der Waals surface area contributed by atoms with Crippen LogP contribution in [0.2, 0.25) is 5.02 Å². The van der Waals surface area contributed by atoms with Crippen LogP contribution in [0.3, 0.4) is 0 Å². The van der Waals surface area contributed by atoms with Crippen molar-refractivity contribution in [2.24, 2.45) is 0 Å². The first kappa shape index (κ1) is 14.0. The molecule has 1 fully saturated rings. The van der Waals surface area contributed by atoms with Crippen molar-refractivity contribution in [2.45, 2.75) is 25.7 Å². The van der Waals surface area contributed by atoms with Gasteiger partial charge in [0, 0.05) is 26.1 Å². The molecule has 2 rings (SSSR count). The van der Waals surface area contributed by atoms with E-state index in [9.17, 15) is 4.79 Å². The van der Waals surface area contributed by atoms with E-state index in [2.05, 4.69) is 5.32 Å². The Bertz CT molecular complexity index is 424. The lowest BCUT2D eigenvalue weighted by molar-refractivity contribution is -0.131. The van der Waals surface area contributed by atoms with Crippen LogP contribution in [0.4, 0.5) is 11.4 Å². The number of benzene rings is 1. The number of hydrogen-bond donors (Lipinski definition) is 2. The van der Waals surface area contributed by atoms with Gasteiger partial charge >= 0.3 is 0 Å². The number of piperidine rings is 1. The first-order valence-corrected chi connectivity index (χ1v) is 7.12. The van der Waals surface area contributed by atoms with Gasteiger partial charge in [-0.3, -0.25) is 4.79 Å². The number of anilines is 2. The van der Waals surface area contributed by atoms with Crippen molar-refractivity contribution in [3.05, 3.63) is 23.2 Å². The zero-order valence-corrected chi connectivity index (χ0v) is 11.7. The molecular formula is C14H20ClN3O. The summed E-state index contributed by atoms with van der Waals surface area (Å²) in [5.74, 6) is 0.206. The molecule has 0 aromatic heterocycles. The third-order valence-corrected chi connectivity index (χ3v) is 3.71. The van der Waals surface area contributed by atoms with E-state index in [1.807, 2.05) is 11.0 Å². The SMILES string of the molecule is Nc1cccc(Cl)c1NCCC(=O)N1CCCCC1. The molecule has 3 N–H and O–H groups in total. The number of nitrogens with zero attached hydrogens (tertiary/aromatic N) is 1. The quantitative estimate of drug-likeness (QED) is 0.835. The maximum atomic E-state index is 12.0. The number of hydrogen-bond acceptors (Lipinski definition) is 3. The highest BCUT2D eigenvalue weighted by Gasteiger charge is 2.15. The normalized spacial score (nSPS) is 15.3. The van der Waals surface area contributed by atoms with E-state index < -0.39 is 0 Å². The van der Waals surface area contributed by atoms with Crippen molar-refractivity contribution in [3.8, 4) is 0 Å². The van der Waals surface area contributed by atoms with E-state index in [1.165, 1.54) is 6.42 Å². The summed E-state index contributed by atoms with van der Waals surface area (Å²) >= 11 is 6.06. The Labute approximate surface area is 118 Å². The number of likely N-dealkylation sites (tertiary alicyclic amines) is 1. The fourth-order valence-corrected chi connectivity index (χ4v) is 2.57. The van der Waals surface area contributed by atoms with E-state index in [1.54, 1.807) is 12.1 Å². The topological polar surface area (TPSA) is 58.4 Å². The van der Waals surface area contributed by atoms with Crippen molar-refractivity contribution in [2.75, 3.05) is 30.7 Å². The molecule has 1 aromatic carbocycles. The Morgan fingerprint density at radius 3 is 2.74 bits per heavy atom. The van der Waals surface area contributed by atoms with Gasteiger partial charge < -0.3 is 16.0 Å². The van der Waals surface area contributed by atoms with E-state index in [0.29, 0.717) is 23.7 Å². The molecule has 0 bridgehead atoms. The van der Waals surface area contributed by atoms with E-state index in [-0.39, 0.29) is 5.91 Å². The van der Waals surface area contributed by atoms with Crippen LogP contribution in [0, 0.1) is 0 Å². The minimum absolute atomic E-state index is 0.206. The second kappa shape index (κ2) is 6.66. The highest BCUT2D eigenvalue weighted by molar-refractivity contribution is 6.33. The number of carbonyl (C=O) groups excluding carboxylic acids is 1. The second-order valence-electron chi connectivity index (χ2n) is 4.82. The van der Waals surface area contributed by atoms with Crippen molar-refractivity contribution in [1.29, 1.82) is 0 Å². The van der Waals surface area contributed by atoms with Crippen molar-refractivity contribution in [3.63, 3.8) is 0 Å². The van der Waals surface area contributed by atoms with Crippen LogP contribution in [0.5, 0.6) is 0 Å². The summed E-state index contributed by atoms with van der Waals surface area (Å²) in [6, 6.07) is 5.38. The first-order chi connectivity index (χ1) is 9.18. The first-order valence-electron chi connectivity index (χ1n) is 6.74. The number of nitrogen functional groups attached to an aromatic ring is 1. The average Bonchev–Trinajstić information content (AvgIpc) is 2.43. The number of halogens is 1. The van der Waals surface area contributed by atoms with Gasteiger partial charge in [0.15, 0.2) is 0 Å². The zero-order valence-electron chi connectivity index (χ0n) is 11.0. The molecule has 0 radical (unpaired) electrons. The fraction of sp³-hybridized carbons (Fsp3) is 0.500. The van der Waals surface area contributed by atoms with Gasteiger partial charge in [0.2, 0.25) is 5.91 Å². The number of amides is 1. The van der Waals surface area contributed by atoms with Crippen molar-refractivity contribution < 1.29 is 4.79 Å². The van der Waals surface area contributed by atoms with Crippen molar-refractivity contribution in [1.82, 2.24) is 4.90 Å². The molecule has 1 heterocycles. The summed E-state index contributed by atoms with van der Waals surface area (Å²) in [6.07, 6.45) is 3.95. The van der Waals surface area contributed by atoms with Gasteiger partial charge in [-0.1, -0.05) is 17.7 Å². The average molecular weight is 282 g/mol. The fourth-order valence-electron chi connectivity index (χ4n) is 2.32. The van der Waals surface area contributed by atoms with Gasteiger partial charge in [0.25, 0.3) is 0 Å². The van der Waals surface area contributed by atoms with Crippen molar-refractivity contribution >= 4 is 28.9 Å². The Morgan fingerprint density at radius 1 is 1.32 bits per heavy atom. The standard InChI is InChI=1S/C14H20ClN3O/c15-11-5-4-6-12(16)14(11)17-8-7-13(19)18-9-2-1-3-10-18/h4-6,17H,1-3,7-10,16H2. The van der Waals surface area contributed by atoms with Gasteiger partial charge in [-0.05, 0) is 31.4 Å². The van der Waals surface area contributed by atoms with Crippen LogP contribution in [-0.2, 0) is 4.79 Å². The minimum atomic E-state index is 0.206. The van der Waals surface area contributed by atoms with Gasteiger partial charge in [0.1, 0.15) is 0 Å². The predicted octanol–water partition coefficient (Wildman–Crippen LogP) is 2.74. The summed E-state index contributed by atoms with van der Waals surface area (Å²) in [4.78, 5) is 13.9. The molecule has 104 valence electrons. The highest BCUT2D eigenvalue weighted by atomic mass is 35.5. The molecule has 0 spiro atoms. The number of para-hydroxylation sites is 1. The molecule has 0 saturated carbocycles. The van der Waals surface area contributed by atoms with Crippen LogP contribution in [0.1, 0.15) is 25.7 Å². The summed E-state index contributed by atoms with van der Waals surface area (Å²) < 4.78 is 0. The number of nitrogens with two attached hydrogens (primary N) is 1. The lowest BCUT2D eigenvalue weighted by Gasteiger charge is -2.26. The van der Waals surface area contributed by atoms with E-state index in [0.717, 1.165) is 31.6 Å². The molecule has 1 amide bonds. The Morgan fingerprint density at radius 2 is 2.05 bits per heavy atom. The minimum Gasteiger partial charge on any atom is -0.397 e. The Kier molecular flexibility index (Phi) is 4.91. The lowest BCUT2D eigenvalue weighted by atomic mass is 10.1. The third-order valence-electron chi connectivity index (χ3n) is 3.40. The molecule has 1 saturated heterocycles. The van der Waals surface area contributed by atoms with Crippen LogP contribution < -0.4 is 11.1 Å². The molecule has 5 heteroatoms. The summed E-state index contributed by atoms with van der Waals surface area (Å²) in [6.45, 7) is 2.35.